The van der Waals surface area contributed by atoms with E-state index in [0.717, 1.165) is 25.7 Å². The number of carboxylic acid groups (broad SMARTS) is 2. The molecule has 0 atom stereocenters. The molecular formula is C30H58O4. The molecule has 0 aromatic heterocycles. The predicted octanol–water partition coefficient (Wildman–Crippen LogP) is 10.1. The molecule has 2 N–H and O–H groups in total. The summed E-state index contributed by atoms with van der Waals surface area (Å²) in [5, 5.41) is 16.9. The molecule has 0 unspecified atom stereocenters. The second-order valence-corrected chi connectivity index (χ2v) is 9.74. The van der Waals surface area contributed by atoms with Crippen molar-refractivity contribution < 1.29 is 19.8 Å². The fourth-order valence-electron chi connectivity index (χ4n) is 4.05. The number of carbonyl (C=O) groups is 2. The van der Waals surface area contributed by atoms with Crippen LogP contribution in [-0.2, 0) is 9.59 Å². The summed E-state index contributed by atoms with van der Waals surface area (Å²) in [7, 11) is 0. The van der Waals surface area contributed by atoms with Gasteiger partial charge in [0.15, 0.2) is 0 Å². The number of aliphatic carboxylic acids is 2. The molecule has 0 rings (SSSR count). The topological polar surface area (TPSA) is 74.6 Å². The number of hydrogen-bond acceptors (Lipinski definition) is 2. The van der Waals surface area contributed by atoms with Gasteiger partial charge in [0.05, 0.1) is 0 Å². The lowest BCUT2D eigenvalue weighted by Crippen LogP contribution is -1.93. The first-order valence-corrected chi connectivity index (χ1v) is 14.7. The van der Waals surface area contributed by atoms with Crippen molar-refractivity contribution in [2.75, 3.05) is 0 Å². The maximum Gasteiger partial charge on any atom is 0.327 e. The summed E-state index contributed by atoms with van der Waals surface area (Å²) in [4.78, 5) is 20.5. The molecule has 0 fully saturated rings. The Bertz CT molecular complexity index is 445. The molecule has 0 aliphatic carbocycles. The number of hydrogen-bond donors (Lipinski definition) is 2. The third-order valence-corrected chi connectivity index (χ3v) is 6.23. The van der Waals surface area contributed by atoms with Gasteiger partial charge in [0.2, 0.25) is 0 Å². The molecule has 4 nitrogen and oxygen atoms in total. The van der Waals surface area contributed by atoms with Crippen LogP contribution in [0.4, 0.5) is 0 Å². The van der Waals surface area contributed by atoms with Gasteiger partial charge in [0.25, 0.3) is 0 Å². The monoisotopic (exact) mass is 482 g/mol. The highest BCUT2D eigenvalue weighted by Crippen LogP contribution is 2.13. The molecule has 34 heavy (non-hydrogen) atoms. The average Bonchev–Trinajstić information content (AvgIpc) is 2.80. The van der Waals surface area contributed by atoms with Crippen LogP contribution in [0.1, 0.15) is 168 Å². The first-order chi connectivity index (χ1) is 16.5. The average molecular weight is 483 g/mol. The molecule has 0 saturated carbocycles. The maximum atomic E-state index is 10.3. The molecule has 0 heterocycles. The number of carboxylic acids is 2. The lowest BCUT2D eigenvalue weighted by atomic mass is 10.1. The quantitative estimate of drug-likeness (QED) is 0.100. The van der Waals surface area contributed by atoms with Crippen molar-refractivity contribution in [2.45, 2.75) is 168 Å². The molecule has 0 aliphatic rings. The van der Waals surface area contributed by atoms with Crippen molar-refractivity contribution in [2.24, 2.45) is 0 Å². The highest BCUT2D eigenvalue weighted by atomic mass is 16.4. The van der Waals surface area contributed by atoms with Crippen molar-refractivity contribution >= 4 is 11.9 Å². The second-order valence-electron chi connectivity index (χ2n) is 9.74. The van der Waals surface area contributed by atoms with Gasteiger partial charge in [0, 0.05) is 12.5 Å². The highest BCUT2D eigenvalue weighted by molar-refractivity contribution is 5.79. The van der Waals surface area contributed by atoms with E-state index in [2.05, 4.69) is 13.8 Å². The van der Waals surface area contributed by atoms with Crippen LogP contribution in [0, 0.1) is 0 Å². The van der Waals surface area contributed by atoms with Gasteiger partial charge in [-0.25, -0.2) is 4.79 Å². The van der Waals surface area contributed by atoms with Gasteiger partial charge < -0.3 is 10.2 Å². The smallest absolute Gasteiger partial charge is 0.327 e. The molecule has 0 amide bonds. The van der Waals surface area contributed by atoms with E-state index in [1.165, 1.54) is 128 Å². The fraction of sp³-hybridized carbons (Fsp3) is 0.867. The van der Waals surface area contributed by atoms with Gasteiger partial charge in [-0.05, 0) is 19.3 Å². The molecule has 0 aromatic carbocycles. The molecule has 202 valence electrons. The van der Waals surface area contributed by atoms with E-state index in [1.807, 2.05) is 0 Å². The molecule has 4 heteroatoms. The van der Waals surface area contributed by atoms with Gasteiger partial charge in [-0.2, -0.15) is 0 Å². The van der Waals surface area contributed by atoms with Crippen LogP contribution >= 0.6 is 0 Å². The van der Waals surface area contributed by atoms with Gasteiger partial charge in [-0.3, -0.25) is 4.79 Å². The van der Waals surface area contributed by atoms with Crippen LogP contribution in [0.25, 0.3) is 0 Å². The maximum absolute atomic E-state index is 10.3. The van der Waals surface area contributed by atoms with Crippen LogP contribution in [0.5, 0.6) is 0 Å². The zero-order valence-corrected chi connectivity index (χ0v) is 22.8. The van der Waals surface area contributed by atoms with E-state index in [0.29, 0.717) is 6.42 Å². The number of allylic oxidation sites excluding steroid dienone is 1. The first kappa shape index (κ1) is 34.8. The minimum absolute atomic E-state index is 0.344. The van der Waals surface area contributed by atoms with E-state index in [-0.39, 0.29) is 0 Å². The standard InChI is InChI=1S/C16H30O2.C14H28O2/c1-2-3-4-5-6-7-8-9-10-11-12-13-14-15-16(17)18;1-2-3-4-5-6-7-8-9-10-11-12-13-14(15)16/h14-15H,2-13H2,1H3,(H,17,18);2-13H2,1H3,(H,15,16). The van der Waals surface area contributed by atoms with Gasteiger partial charge >= 0.3 is 11.9 Å². The predicted molar refractivity (Wildman–Crippen MR) is 147 cm³/mol. The van der Waals surface area contributed by atoms with Crippen molar-refractivity contribution in [1.29, 1.82) is 0 Å². The SMILES string of the molecule is CCCCCCCCCCCCCC(=O)O.CCCCCCCCCCCCCC=CC(=O)O. The van der Waals surface area contributed by atoms with E-state index < -0.39 is 11.9 Å². The summed E-state index contributed by atoms with van der Waals surface area (Å²) >= 11 is 0. The number of rotatable bonds is 25. The third-order valence-electron chi connectivity index (χ3n) is 6.23. The van der Waals surface area contributed by atoms with Crippen LogP contribution in [0.2, 0.25) is 0 Å². The summed E-state index contributed by atoms with van der Waals surface area (Å²) in [5.74, 6) is -1.49. The summed E-state index contributed by atoms with van der Waals surface area (Å²) < 4.78 is 0. The van der Waals surface area contributed by atoms with Gasteiger partial charge in [-0.15, -0.1) is 0 Å². The molecule has 0 radical (unpaired) electrons. The molecule has 0 bridgehead atoms. The van der Waals surface area contributed by atoms with Crippen LogP contribution in [-0.4, -0.2) is 22.2 Å². The fourth-order valence-corrected chi connectivity index (χ4v) is 4.05. The van der Waals surface area contributed by atoms with E-state index in [1.54, 1.807) is 6.08 Å². The zero-order valence-electron chi connectivity index (χ0n) is 22.8. The largest absolute Gasteiger partial charge is 0.481 e. The molecule has 0 spiro atoms. The Balaban J connectivity index is 0. The molecule has 0 saturated heterocycles. The number of unbranched alkanes of at least 4 members (excludes halogenated alkanes) is 21. The second kappa shape index (κ2) is 31.7. The Morgan fingerprint density at radius 2 is 0.824 bits per heavy atom. The lowest BCUT2D eigenvalue weighted by molar-refractivity contribution is -0.137. The lowest BCUT2D eigenvalue weighted by Gasteiger charge is -2.01. The third kappa shape index (κ3) is 38.0. The molecule has 0 aliphatic heterocycles. The first-order valence-electron chi connectivity index (χ1n) is 14.7. The Morgan fingerprint density at radius 3 is 1.15 bits per heavy atom. The summed E-state index contributed by atoms with van der Waals surface area (Å²) in [5.41, 5.74) is 0. The van der Waals surface area contributed by atoms with Crippen LogP contribution < -0.4 is 0 Å². The minimum atomic E-state index is -0.835. The Kier molecular flexibility index (Phi) is 32.5. The van der Waals surface area contributed by atoms with Crippen molar-refractivity contribution in [3.8, 4) is 0 Å². The summed E-state index contributed by atoms with van der Waals surface area (Å²) in [6.07, 6.45) is 33.0. The van der Waals surface area contributed by atoms with E-state index in [9.17, 15) is 9.59 Å². The van der Waals surface area contributed by atoms with Gasteiger partial charge in [-0.1, -0.05) is 148 Å². The molecular weight excluding hydrogens is 424 g/mol. The van der Waals surface area contributed by atoms with E-state index >= 15 is 0 Å². The van der Waals surface area contributed by atoms with Crippen LogP contribution in [0.3, 0.4) is 0 Å². The van der Waals surface area contributed by atoms with Crippen LogP contribution in [0.15, 0.2) is 12.2 Å². The van der Waals surface area contributed by atoms with Crippen molar-refractivity contribution in [3.63, 3.8) is 0 Å². The summed E-state index contributed by atoms with van der Waals surface area (Å²) in [6.45, 7) is 4.50. The Labute approximate surface area is 212 Å². The minimum Gasteiger partial charge on any atom is -0.481 e. The van der Waals surface area contributed by atoms with Gasteiger partial charge in [0.1, 0.15) is 0 Å². The summed E-state index contributed by atoms with van der Waals surface area (Å²) in [6, 6.07) is 0. The Morgan fingerprint density at radius 1 is 0.500 bits per heavy atom. The van der Waals surface area contributed by atoms with Crippen molar-refractivity contribution in [1.82, 2.24) is 0 Å². The molecule has 0 aromatic rings. The zero-order chi connectivity index (χ0) is 25.5. The van der Waals surface area contributed by atoms with E-state index in [4.69, 9.17) is 10.2 Å². The van der Waals surface area contributed by atoms with Crippen molar-refractivity contribution in [3.05, 3.63) is 12.2 Å². The Hall–Kier alpha value is -1.32. The highest BCUT2D eigenvalue weighted by Gasteiger charge is 1.97. The normalized spacial score (nSPS) is 10.9.